The number of halogens is 3. The number of hydrogen-bond donors (Lipinski definition) is 5. The molecule has 206 valence electrons. The van der Waals surface area contributed by atoms with E-state index in [1.165, 1.54) is 17.4 Å². The van der Waals surface area contributed by atoms with E-state index < -0.39 is 40.7 Å². The van der Waals surface area contributed by atoms with Crippen LogP contribution in [-0.4, -0.2) is 57.8 Å². The van der Waals surface area contributed by atoms with Crippen molar-refractivity contribution in [3.8, 4) is 11.3 Å². The number of aliphatic hydroxyl groups excluding tert-OH is 1. The lowest BCUT2D eigenvalue weighted by atomic mass is 9.89. The van der Waals surface area contributed by atoms with E-state index in [0.717, 1.165) is 30.3 Å². The van der Waals surface area contributed by atoms with Crippen molar-refractivity contribution in [3.05, 3.63) is 83.8 Å². The molecule has 2 aromatic heterocycles. The first-order valence-electron chi connectivity index (χ1n) is 12.1. The Hall–Kier alpha value is -4.20. The Morgan fingerprint density at radius 3 is 2.56 bits per heavy atom. The van der Waals surface area contributed by atoms with Crippen LogP contribution in [0.2, 0.25) is 0 Å². The Kier molecular flexibility index (Phi) is 8.33. The number of rotatable bonds is 7. The first-order valence-corrected chi connectivity index (χ1v) is 12.1. The average Bonchev–Trinajstić information content (AvgIpc) is 2.89. The molecule has 3 heterocycles. The molecule has 1 amide bonds. The van der Waals surface area contributed by atoms with E-state index in [4.69, 9.17) is 17.3 Å². The van der Waals surface area contributed by atoms with Crippen molar-refractivity contribution in [3.63, 3.8) is 0 Å². The number of pyridine rings is 2. The van der Waals surface area contributed by atoms with Crippen LogP contribution < -0.4 is 27.5 Å². The van der Waals surface area contributed by atoms with Gasteiger partial charge in [0.05, 0.1) is 41.5 Å². The predicted molar refractivity (Wildman–Crippen MR) is 140 cm³/mol. The SMILES string of the molecule is CC1CN(c2ccncc2NC(=O)c2ccc(F)c(-c3c(F)cccc3F)n2)CC(N)C1N(N)/C=C(\N)CO. The number of nitrogens with zero attached hydrogens (tertiary/aromatic N) is 4. The van der Waals surface area contributed by atoms with Gasteiger partial charge in [-0.05, 0) is 36.2 Å². The molecule has 8 N–H and O–H groups in total. The molecule has 3 atom stereocenters. The van der Waals surface area contributed by atoms with E-state index >= 15 is 0 Å². The number of piperidine rings is 1. The van der Waals surface area contributed by atoms with Crippen molar-refractivity contribution in [2.45, 2.75) is 19.0 Å². The molecule has 0 spiro atoms. The summed E-state index contributed by atoms with van der Waals surface area (Å²) in [6.07, 6.45) is 4.45. The Morgan fingerprint density at radius 1 is 1.18 bits per heavy atom. The molecule has 13 heteroatoms. The van der Waals surface area contributed by atoms with Crippen molar-refractivity contribution in [2.24, 2.45) is 23.2 Å². The van der Waals surface area contributed by atoms with Crippen LogP contribution in [0.3, 0.4) is 0 Å². The Bertz CT molecular complexity index is 1360. The summed E-state index contributed by atoms with van der Waals surface area (Å²) in [5, 5.41) is 13.3. The molecule has 1 aliphatic rings. The third kappa shape index (κ3) is 5.95. The quantitative estimate of drug-likeness (QED) is 0.222. The van der Waals surface area contributed by atoms with Gasteiger partial charge in [-0.15, -0.1) is 0 Å². The normalized spacial score (nSPS) is 19.6. The number of nitrogens with two attached hydrogens (primary N) is 3. The van der Waals surface area contributed by atoms with Gasteiger partial charge < -0.3 is 31.8 Å². The number of amides is 1. The molecule has 0 aliphatic carbocycles. The maximum atomic E-state index is 14.5. The van der Waals surface area contributed by atoms with Gasteiger partial charge in [0.15, 0.2) is 0 Å². The minimum atomic E-state index is -1.01. The summed E-state index contributed by atoms with van der Waals surface area (Å²) in [6.45, 7) is 2.51. The van der Waals surface area contributed by atoms with E-state index in [1.54, 1.807) is 12.3 Å². The summed E-state index contributed by atoms with van der Waals surface area (Å²) in [5.74, 6) is 2.39. The lowest BCUT2D eigenvalue weighted by molar-refractivity contribution is 0.102. The second kappa shape index (κ2) is 11.7. The Labute approximate surface area is 222 Å². The van der Waals surface area contributed by atoms with Crippen LogP contribution in [-0.2, 0) is 0 Å². The molecule has 10 nitrogen and oxygen atoms in total. The lowest BCUT2D eigenvalue weighted by Crippen LogP contribution is -2.62. The number of aliphatic hydroxyl groups is 1. The topological polar surface area (TPSA) is 160 Å². The highest BCUT2D eigenvalue weighted by Gasteiger charge is 2.36. The first-order chi connectivity index (χ1) is 18.6. The Morgan fingerprint density at radius 2 is 1.90 bits per heavy atom. The molecule has 39 heavy (non-hydrogen) atoms. The minimum Gasteiger partial charge on any atom is -0.399 e. The molecule has 1 aliphatic heterocycles. The minimum absolute atomic E-state index is 0.0461. The number of anilines is 2. The summed E-state index contributed by atoms with van der Waals surface area (Å²) in [6, 6.07) is 6.16. The van der Waals surface area contributed by atoms with E-state index in [-0.39, 0.29) is 30.0 Å². The van der Waals surface area contributed by atoms with Gasteiger partial charge in [0.2, 0.25) is 0 Å². The van der Waals surface area contributed by atoms with Gasteiger partial charge in [-0.25, -0.2) is 24.0 Å². The summed E-state index contributed by atoms with van der Waals surface area (Å²) in [5.41, 5.74) is 11.8. The zero-order valence-electron chi connectivity index (χ0n) is 21.1. The Balaban J connectivity index is 1.57. The lowest BCUT2D eigenvalue weighted by Gasteiger charge is -2.45. The fraction of sp³-hybridized carbons (Fsp3) is 0.269. The smallest absolute Gasteiger partial charge is 0.274 e. The van der Waals surface area contributed by atoms with E-state index in [9.17, 15) is 23.1 Å². The van der Waals surface area contributed by atoms with Crippen molar-refractivity contribution in [1.82, 2.24) is 15.0 Å². The van der Waals surface area contributed by atoms with Gasteiger partial charge in [0, 0.05) is 31.5 Å². The van der Waals surface area contributed by atoms with Crippen molar-refractivity contribution in [2.75, 3.05) is 29.9 Å². The van der Waals surface area contributed by atoms with Gasteiger partial charge in [-0.2, -0.15) is 0 Å². The molecular weight excluding hydrogens is 513 g/mol. The average molecular weight is 543 g/mol. The van der Waals surface area contributed by atoms with Crippen molar-refractivity contribution >= 4 is 17.3 Å². The third-order valence-electron chi connectivity index (χ3n) is 6.47. The molecule has 1 saturated heterocycles. The second-order valence-corrected chi connectivity index (χ2v) is 9.32. The fourth-order valence-electron chi connectivity index (χ4n) is 4.76. The van der Waals surface area contributed by atoms with E-state index in [1.807, 2.05) is 11.8 Å². The maximum absolute atomic E-state index is 14.5. The summed E-state index contributed by atoms with van der Waals surface area (Å²) < 4.78 is 43.0. The number of hydrazine groups is 1. The van der Waals surface area contributed by atoms with Gasteiger partial charge >= 0.3 is 0 Å². The van der Waals surface area contributed by atoms with Crippen molar-refractivity contribution in [1.29, 1.82) is 0 Å². The first kappa shape index (κ1) is 27.8. The largest absolute Gasteiger partial charge is 0.399 e. The van der Waals surface area contributed by atoms with Crippen LogP contribution in [0.1, 0.15) is 17.4 Å². The van der Waals surface area contributed by atoms with Crippen LogP contribution in [0.4, 0.5) is 24.5 Å². The molecule has 0 bridgehead atoms. The van der Waals surface area contributed by atoms with E-state index in [0.29, 0.717) is 24.5 Å². The molecule has 1 fully saturated rings. The monoisotopic (exact) mass is 542 g/mol. The molecule has 0 saturated carbocycles. The standard InChI is InChI=1S/C26H29F3N8O2/c1-14-10-36(12-19(31)25(14)37(32)11-15(30)13-38)22-7-8-33-9-21(22)35-26(39)20-6-5-18(29)24(34-20)23-16(27)3-2-4-17(23)28/h2-9,11,14,19,25,38H,10,12-13,30-32H2,1H3,(H,35,39)/b15-11-. The second-order valence-electron chi connectivity index (χ2n) is 9.32. The molecule has 3 aromatic rings. The fourth-order valence-corrected chi connectivity index (χ4v) is 4.76. The highest BCUT2D eigenvalue weighted by molar-refractivity contribution is 6.04. The number of carbonyl (C=O) groups is 1. The van der Waals surface area contributed by atoms with Gasteiger partial charge in [-0.1, -0.05) is 13.0 Å². The molecule has 1 aromatic carbocycles. The zero-order valence-corrected chi connectivity index (χ0v) is 21.1. The summed E-state index contributed by atoms with van der Waals surface area (Å²) in [7, 11) is 0. The molecule has 0 radical (unpaired) electrons. The number of nitrogens with one attached hydrogen (secondary N) is 1. The number of aromatic nitrogens is 2. The highest BCUT2D eigenvalue weighted by Crippen LogP contribution is 2.31. The third-order valence-corrected chi connectivity index (χ3v) is 6.47. The summed E-state index contributed by atoms with van der Waals surface area (Å²) >= 11 is 0. The van der Waals surface area contributed by atoms with Gasteiger partial charge in [0.25, 0.3) is 5.91 Å². The molecule has 4 rings (SSSR count). The predicted octanol–water partition coefficient (Wildman–Crippen LogP) is 1.93. The molecular formula is C26H29F3N8O2. The van der Waals surface area contributed by atoms with Crippen LogP contribution in [0.5, 0.6) is 0 Å². The number of benzene rings is 1. The zero-order chi connectivity index (χ0) is 28.3. The number of hydrogen-bond acceptors (Lipinski definition) is 9. The number of carbonyl (C=O) groups excluding carboxylic acids is 1. The maximum Gasteiger partial charge on any atom is 0.274 e. The highest BCUT2D eigenvalue weighted by atomic mass is 19.1. The van der Waals surface area contributed by atoms with Crippen molar-refractivity contribution < 1.29 is 23.1 Å². The van der Waals surface area contributed by atoms with E-state index in [2.05, 4.69) is 15.3 Å². The van der Waals surface area contributed by atoms with Crippen LogP contribution in [0.25, 0.3) is 11.3 Å². The molecule has 3 unspecified atom stereocenters. The van der Waals surface area contributed by atoms with Crippen LogP contribution >= 0.6 is 0 Å². The summed E-state index contributed by atoms with van der Waals surface area (Å²) in [4.78, 5) is 23.1. The van der Waals surface area contributed by atoms with Gasteiger partial charge in [0.1, 0.15) is 28.8 Å². The van der Waals surface area contributed by atoms with Gasteiger partial charge in [-0.3, -0.25) is 9.78 Å². The van der Waals surface area contributed by atoms with Crippen LogP contribution in [0, 0.1) is 23.4 Å². The van der Waals surface area contributed by atoms with Crippen LogP contribution in [0.15, 0.2) is 60.7 Å².